The van der Waals surface area contributed by atoms with E-state index in [4.69, 9.17) is 4.74 Å². The summed E-state index contributed by atoms with van der Waals surface area (Å²) in [5.41, 5.74) is 2.73. The summed E-state index contributed by atoms with van der Waals surface area (Å²) >= 11 is 0. The molecule has 0 saturated carbocycles. The first kappa shape index (κ1) is 27.8. The largest absolute Gasteiger partial charge is 0.489 e. The fraction of sp³-hybridized carbons (Fsp3) is 0.222. The zero-order valence-electron chi connectivity index (χ0n) is 21.0. The van der Waals surface area contributed by atoms with Crippen LogP contribution in [0.2, 0.25) is 0 Å². The zero-order valence-corrected chi connectivity index (χ0v) is 21.9. The number of hydrogen-bond donors (Lipinski definition) is 4. The minimum absolute atomic E-state index is 0.00260. The Morgan fingerprint density at radius 2 is 1.62 bits per heavy atom. The second kappa shape index (κ2) is 12.1. The number of amides is 2. The molecule has 204 valence electrons. The number of hydrogen-bond acceptors (Lipinski definition) is 7. The molecule has 1 aliphatic heterocycles. The summed E-state index contributed by atoms with van der Waals surface area (Å²) in [5, 5.41) is 15.1. The number of nitrogens with zero attached hydrogens (tertiary/aromatic N) is 1. The Hall–Kier alpha value is -4.26. The lowest BCUT2D eigenvalue weighted by molar-refractivity contribution is -0.140. The number of nitrogens with one attached hydrogen (secondary N) is 3. The molecule has 12 heteroatoms. The molecule has 4 rings (SSSR count). The summed E-state index contributed by atoms with van der Waals surface area (Å²) in [7, 11) is -4.20. The number of rotatable bonds is 11. The molecule has 3 aromatic rings. The van der Waals surface area contributed by atoms with Crippen LogP contribution in [0.3, 0.4) is 0 Å². The van der Waals surface area contributed by atoms with Crippen molar-refractivity contribution in [2.45, 2.75) is 38.7 Å². The first-order chi connectivity index (χ1) is 18.6. The second-order valence-electron chi connectivity index (χ2n) is 8.98. The van der Waals surface area contributed by atoms with Gasteiger partial charge in [-0.2, -0.15) is 12.7 Å². The third kappa shape index (κ3) is 7.41. The van der Waals surface area contributed by atoms with Gasteiger partial charge in [0.05, 0.1) is 0 Å². The van der Waals surface area contributed by atoms with Crippen LogP contribution >= 0.6 is 0 Å². The Bertz CT molecular complexity index is 1430. The molecule has 1 heterocycles. The van der Waals surface area contributed by atoms with E-state index in [9.17, 15) is 27.9 Å². The first-order valence-corrected chi connectivity index (χ1v) is 13.5. The fourth-order valence-corrected chi connectivity index (χ4v) is 5.27. The molecule has 3 aromatic carbocycles. The summed E-state index contributed by atoms with van der Waals surface area (Å²) < 4.78 is 33.9. The van der Waals surface area contributed by atoms with Crippen molar-refractivity contribution >= 4 is 33.7 Å². The van der Waals surface area contributed by atoms with Crippen molar-refractivity contribution in [3.05, 3.63) is 95.6 Å². The maximum atomic E-state index is 12.6. The highest BCUT2D eigenvalue weighted by Gasteiger charge is 2.45. The molecule has 4 N–H and O–H groups in total. The van der Waals surface area contributed by atoms with Gasteiger partial charge in [0.15, 0.2) is 6.17 Å². The lowest BCUT2D eigenvalue weighted by Crippen LogP contribution is -2.53. The van der Waals surface area contributed by atoms with Crippen molar-refractivity contribution in [2.24, 2.45) is 0 Å². The van der Waals surface area contributed by atoms with Crippen LogP contribution in [-0.4, -0.2) is 47.8 Å². The van der Waals surface area contributed by atoms with E-state index in [2.05, 4.69) is 10.6 Å². The Morgan fingerprint density at radius 3 is 2.23 bits per heavy atom. The van der Waals surface area contributed by atoms with Crippen LogP contribution in [-0.2, 0) is 44.2 Å². The summed E-state index contributed by atoms with van der Waals surface area (Å²) in [6.07, 6.45) is -1.43. The highest BCUT2D eigenvalue weighted by Crippen LogP contribution is 2.20. The lowest BCUT2D eigenvalue weighted by atomic mass is 10.1. The average molecular weight is 553 g/mol. The molecule has 1 saturated heterocycles. The number of carboxylic acid groups (broad SMARTS) is 1. The highest BCUT2D eigenvalue weighted by atomic mass is 32.2. The summed E-state index contributed by atoms with van der Waals surface area (Å²) in [6.45, 7) is 1.56. The summed E-state index contributed by atoms with van der Waals surface area (Å²) in [6, 6.07) is 21.7. The van der Waals surface area contributed by atoms with Gasteiger partial charge in [0.1, 0.15) is 18.4 Å². The standard InChI is InChI=1S/C27H28N4O7S/c1-18(32)28-22-11-7-20(8-12-22)16-31-25(26(33)30-39(31,36)37)29-24(27(34)35)15-19-9-13-23(14-10-19)38-17-21-5-3-2-4-6-21/h2-14,24-25,29H,15-17H2,1H3,(H,28,32)(H,30,33)(H,34,35)/t24-,25+/m0/s1. The number of carbonyl (C=O) groups is 3. The third-order valence-corrected chi connectivity index (χ3v) is 7.37. The van der Waals surface area contributed by atoms with Crippen LogP contribution in [0.15, 0.2) is 78.9 Å². The van der Waals surface area contributed by atoms with Gasteiger partial charge in [-0.05, 0) is 47.4 Å². The number of anilines is 1. The van der Waals surface area contributed by atoms with Gasteiger partial charge in [-0.3, -0.25) is 19.7 Å². The zero-order chi connectivity index (χ0) is 28.0. The molecule has 0 aliphatic carbocycles. The topological polar surface area (TPSA) is 154 Å². The van der Waals surface area contributed by atoms with Gasteiger partial charge in [0, 0.05) is 19.2 Å². The quantitative estimate of drug-likeness (QED) is 0.282. The SMILES string of the molecule is CC(=O)Nc1ccc(CN2[C@@H](N[C@@H](Cc3ccc(OCc4ccccc4)cc3)C(=O)O)C(=O)NS2(=O)=O)cc1. The molecule has 2 amide bonds. The third-order valence-electron chi connectivity index (χ3n) is 5.96. The number of carboxylic acids is 1. The Labute approximate surface area is 226 Å². The monoisotopic (exact) mass is 552 g/mol. The van der Waals surface area contributed by atoms with Gasteiger partial charge in [-0.25, -0.2) is 4.72 Å². The molecular formula is C27H28N4O7S. The van der Waals surface area contributed by atoms with Gasteiger partial charge < -0.3 is 15.2 Å². The number of carbonyl (C=O) groups excluding carboxylic acids is 2. The van der Waals surface area contributed by atoms with E-state index in [1.54, 1.807) is 48.5 Å². The lowest BCUT2D eigenvalue weighted by Gasteiger charge is -2.24. The van der Waals surface area contributed by atoms with Gasteiger partial charge >= 0.3 is 16.2 Å². The van der Waals surface area contributed by atoms with Crippen molar-refractivity contribution in [3.63, 3.8) is 0 Å². The smallest absolute Gasteiger partial charge is 0.321 e. The van der Waals surface area contributed by atoms with E-state index in [1.807, 2.05) is 35.1 Å². The number of ether oxygens (including phenoxy) is 1. The Kier molecular flexibility index (Phi) is 8.59. The molecule has 2 atom stereocenters. The van der Waals surface area contributed by atoms with Gasteiger partial charge in [-0.1, -0.05) is 54.6 Å². The maximum Gasteiger partial charge on any atom is 0.321 e. The molecule has 1 fully saturated rings. The van der Waals surface area contributed by atoms with Crippen molar-refractivity contribution in [1.82, 2.24) is 14.3 Å². The molecule has 39 heavy (non-hydrogen) atoms. The minimum atomic E-state index is -4.20. The molecule has 0 aromatic heterocycles. The van der Waals surface area contributed by atoms with Crippen molar-refractivity contribution in [1.29, 1.82) is 0 Å². The van der Waals surface area contributed by atoms with Crippen molar-refractivity contribution in [3.8, 4) is 5.75 Å². The molecule has 0 unspecified atom stereocenters. The highest BCUT2D eigenvalue weighted by molar-refractivity contribution is 7.88. The van der Waals surface area contributed by atoms with Crippen molar-refractivity contribution < 1.29 is 32.6 Å². The van der Waals surface area contributed by atoms with Crippen LogP contribution in [0.1, 0.15) is 23.6 Å². The average Bonchev–Trinajstić information content (AvgIpc) is 3.11. The fourth-order valence-electron chi connectivity index (χ4n) is 4.03. The van der Waals surface area contributed by atoms with E-state index in [0.29, 0.717) is 29.2 Å². The van der Waals surface area contributed by atoms with Crippen LogP contribution in [0.5, 0.6) is 5.75 Å². The van der Waals surface area contributed by atoms with Crippen LogP contribution in [0, 0.1) is 0 Å². The Morgan fingerprint density at radius 1 is 0.974 bits per heavy atom. The van der Waals surface area contributed by atoms with E-state index >= 15 is 0 Å². The minimum Gasteiger partial charge on any atom is -0.489 e. The molecule has 1 aliphatic rings. The predicted octanol–water partition coefficient (Wildman–Crippen LogP) is 2.01. The maximum absolute atomic E-state index is 12.6. The van der Waals surface area contributed by atoms with Crippen molar-refractivity contribution in [2.75, 3.05) is 5.32 Å². The van der Waals surface area contributed by atoms with E-state index in [0.717, 1.165) is 9.87 Å². The molecule has 0 spiro atoms. The molecular weight excluding hydrogens is 524 g/mol. The Balaban J connectivity index is 1.43. The molecule has 0 bridgehead atoms. The summed E-state index contributed by atoms with van der Waals surface area (Å²) in [4.78, 5) is 35.8. The van der Waals surface area contributed by atoms with Gasteiger partial charge in [-0.15, -0.1) is 0 Å². The van der Waals surface area contributed by atoms with Gasteiger partial charge in [0.25, 0.3) is 5.91 Å². The first-order valence-electron chi connectivity index (χ1n) is 12.1. The van der Waals surface area contributed by atoms with E-state index in [1.165, 1.54) is 6.92 Å². The summed E-state index contributed by atoms with van der Waals surface area (Å²) in [5.74, 6) is -1.76. The molecule has 11 nitrogen and oxygen atoms in total. The van der Waals surface area contributed by atoms with Crippen LogP contribution in [0.4, 0.5) is 5.69 Å². The molecule has 0 radical (unpaired) electrons. The van der Waals surface area contributed by atoms with E-state index in [-0.39, 0.29) is 18.9 Å². The van der Waals surface area contributed by atoms with Gasteiger partial charge in [0.2, 0.25) is 5.91 Å². The normalized spacial score (nSPS) is 17.3. The van der Waals surface area contributed by atoms with E-state index < -0.39 is 34.3 Å². The van der Waals surface area contributed by atoms with Crippen LogP contribution < -0.4 is 20.1 Å². The number of benzene rings is 3. The van der Waals surface area contributed by atoms with Crippen LogP contribution in [0.25, 0.3) is 0 Å². The predicted molar refractivity (Wildman–Crippen MR) is 143 cm³/mol. The number of aliphatic carboxylic acids is 1. The second-order valence-corrected chi connectivity index (χ2v) is 10.6.